The van der Waals surface area contributed by atoms with Crippen LogP contribution < -0.4 is 9.47 Å². The zero-order valence-corrected chi connectivity index (χ0v) is 19.2. The number of carbonyl (C=O) groups is 1. The Balaban J connectivity index is 1.45. The average molecular weight is 442 g/mol. The number of nitrogens with zero attached hydrogens (tertiary/aromatic N) is 1. The van der Waals surface area contributed by atoms with Gasteiger partial charge in [0.25, 0.3) is 5.91 Å². The minimum absolute atomic E-state index is 0.0553. The number of para-hydroxylation sites is 1. The Hall–Kier alpha value is -2.31. The minimum atomic E-state index is -0.0553. The van der Waals surface area contributed by atoms with Gasteiger partial charge in [0.15, 0.2) is 0 Å². The van der Waals surface area contributed by atoms with Crippen LogP contribution >= 0.6 is 24.0 Å². The van der Waals surface area contributed by atoms with Crippen LogP contribution in [0.5, 0.6) is 11.5 Å². The molecule has 4 nitrogen and oxygen atoms in total. The van der Waals surface area contributed by atoms with Crippen molar-refractivity contribution in [3.63, 3.8) is 0 Å². The van der Waals surface area contributed by atoms with Gasteiger partial charge < -0.3 is 9.47 Å². The van der Waals surface area contributed by atoms with Gasteiger partial charge in [-0.1, -0.05) is 68.2 Å². The lowest BCUT2D eigenvalue weighted by Gasteiger charge is -2.15. The van der Waals surface area contributed by atoms with E-state index in [1.54, 1.807) is 7.05 Å². The largest absolute Gasteiger partial charge is 0.493 e. The Morgan fingerprint density at radius 1 is 1.10 bits per heavy atom. The van der Waals surface area contributed by atoms with Crippen LogP contribution in [0.1, 0.15) is 43.7 Å². The topological polar surface area (TPSA) is 38.8 Å². The lowest BCUT2D eigenvalue weighted by atomic mass is 9.98. The van der Waals surface area contributed by atoms with Gasteiger partial charge in [-0.15, -0.1) is 0 Å². The summed E-state index contributed by atoms with van der Waals surface area (Å²) in [5.74, 6) is 2.20. The molecule has 0 saturated carbocycles. The predicted octanol–water partition coefficient (Wildman–Crippen LogP) is 5.88. The van der Waals surface area contributed by atoms with Crippen LogP contribution in [0.25, 0.3) is 6.08 Å². The summed E-state index contributed by atoms with van der Waals surface area (Å²) < 4.78 is 12.4. The normalized spacial score (nSPS) is 16.2. The second-order valence-electron chi connectivity index (χ2n) is 7.21. The van der Waals surface area contributed by atoms with Gasteiger partial charge in [0, 0.05) is 13.5 Å². The molecule has 2 aromatic carbocycles. The second-order valence-corrected chi connectivity index (χ2v) is 8.88. The molecule has 1 fully saturated rings. The van der Waals surface area contributed by atoms with Gasteiger partial charge in [0.2, 0.25) is 0 Å². The number of ether oxygens (including phenoxy) is 2. The molecule has 1 aliphatic heterocycles. The fraction of sp³-hybridized carbons (Fsp3) is 0.333. The summed E-state index contributed by atoms with van der Waals surface area (Å²) >= 11 is 6.48. The third-order valence-corrected chi connectivity index (χ3v) is 6.53. The zero-order valence-electron chi connectivity index (χ0n) is 17.6. The van der Waals surface area contributed by atoms with E-state index in [1.807, 2.05) is 42.5 Å². The van der Waals surface area contributed by atoms with Crippen molar-refractivity contribution in [2.24, 2.45) is 0 Å². The molecule has 3 rings (SSSR count). The van der Waals surface area contributed by atoms with Gasteiger partial charge in [0.1, 0.15) is 15.8 Å². The van der Waals surface area contributed by atoms with Crippen molar-refractivity contribution in [2.45, 2.75) is 32.6 Å². The van der Waals surface area contributed by atoms with Crippen molar-refractivity contribution in [1.82, 2.24) is 4.90 Å². The quantitative estimate of drug-likeness (QED) is 0.276. The van der Waals surface area contributed by atoms with Crippen LogP contribution in [0.3, 0.4) is 0 Å². The van der Waals surface area contributed by atoms with Crippen LogP contribution in [-0.4, -0.2) is 35.4 Å². The highest BCUT2D eigenvalue weighted by molar-refractivity contribution is 8.26. The molecule has 0 unspecified atom stereocenters. The number of hydrogen-bond donors (Lipinski definition) is 0. The Morgan fingerprint density at radius 2 is 1.80 bits per heavy atom. The van der Waals surface area contributed by atoms with Crippen LogP contribution in [-0.2, 0) is 4.79 Å². The number of likely N-dealkylation sites (N-methyl/N-ethyl adjacent to an activating group) is 1. The maximum absolute atomic E-state index is 12.1. The Bertz CT molecular complexity index is 924. The molecule has 1 saturated heterocycles. The molecular formula is C24H27NO3S2. The molecule has 1 amide bonds. The van der Waals surface area contributed by atoms with Crippen molar-refractivity contribution in [2.75, 3.05) is 20.3 Å². The van der Waals surface area contributed by atoms with E-state index in [0.29, 0.717) is 28.4 Å². The highest BCUT2D eigenvalue weighted by Crippen LogP contribution is 2.31. The second kappa shape index (κ2) is 10.6. The fourth-order valence-corrected chi connectivity index (χ4v) is 4.21. The third kappa shape index (κ3) is 5.64. The van der Waals surface area contributed by atoms with Gasteiger partial charge >= 0.3 is 0 Å². The molecule has 0 N–H and O–H groups in total. The Morgan fingerprint density at radius 3 is 2.47 bits per heavy atom. The summed E-state index contributed by atoms with van der Waals surface area (Å²) in [5.41, 5.74) is 2.21. The molecule has 1 aliphatic rings. The first-order valence-corrected chi connectivity index (χ1v) is 11.4. The third-order valence-electron chi connectivity index (χ3n) is 5.04. The summed E-state index contributed by atoms with van der Waals surface area (Å²) in [6, 6.07) is 16.0. The molecule has 30 heavy (non-hydrogen) atoms. The SMILES string of the molecule is CC[C@@H](C)c1ccccc1OCCCOc1ccc(/C=C2\SC(=S)N(C)C2=O)cc1. The number of rotatable bonds is 9. The van der Waals surface area contributed by atoms with E-state index in [1.165, 1.54) is 22.2 Å². The highest BCUT2D eigenvalue weighted by Gasteiger charge is 2.28. The lowest BCUT2D eigenvalue weighted by molar-refractivity contribution is -0.121. The molecule has 0 aliphatic carbocycles. The number of thiocarbonyl (C=S) groups is 1. The average Bonchev–Trinajstić information content (AvgIpc) is 3.01. The van der Waals surface area contributed by atoms with Crippen molar-refractivity contribution >= 4 is 40.3 Å². The van der Waals surface area contributed by atoms with Gasteiger partial charge in [0.05, 0.1) is 18.1 Å². The summed E-state index contributed by atoms with van der Waals surface area (Å²) in [4.78, 5) is 14.2. The molecule has 6 heteroatoms. The van der Waals surface area contributed by atoms with Crippen molar-refractivity contribution in [3.8, 4) is 11.5 Å². The van der Waals surface area contributed by atoms with E-state index in [9.17, 15) is 4.79 Å². The predicted molar refractivity (Wildman–Crippen MR) is 128 cm³/mol. The zero-order chi connectivity index (χ0) is 21.5. The van der Waals surface area contributed by atoms with Crippen molar-refractivity contribution < 1.29 is 14.3 Å². The van der Waals surface area contributed by atoms with Crippen molar-refractivity contribution in [1.29, 1.82) is 0 Å². The summed E-state index contributed by atoms with van der Waals surface area (Å²) in [6.07, 6.45) is 3.75. The van der Waals surface area contributed by atoms with Crippen LogP contribution in [0.4, 0.5) is 0 Å². The van der Waals surface area contributed by atoms with Gasteiger partial charge in [-0.2, -0.15) is 0 Å². The Labute approximate surface area is 188 Å². The van der Waals surface area contributed by atoms with Gasteiger partial charge in [-0.3, -0.25) is 9.69 Å². The van der Waals surface area contributed by atoms with E-state index in [2.05, 4.69) is 26.0 Å². The first kappa shape index (κ1) is 22.4. The number of amides is 1. The van der Waals surface area contributed by atoms with Gasteiger partial charge in [-0.25, -0.2) is 0 Å². The van der Waals surface area contributed by atoms with Crippen LogP contribution in [0.15, 0.2) is 53.4 Å². The maximum Gasteiger partial charge on any atom is 0.265 e. The minimum Gasteiger partial charge on any atom is -0.493 e. The standard InChI is InChI=1S/C24H27NO3S2/c1-4-17(2)20-8-5-6-9-21(20)28-15-7-14-27-19-12-10-18(11-13-19)16-22-23(26)25(3)24(29)30-22/h5-6,8-13,16-17H,4,7,14-15H2,1-3H3/b22-16-/t17-/m1/s1. The molecule has 0 bridgehead atoms. The Kier molecular flexibility index (Phi) is 7.94. The molecule has 0 aromatic heterocycles. The maximum atomic E-state index is 12.1. The lowest BCUT2D eigenvalue weighted by Crippen LogP contribution is -2.22. The van der Waals surface area contributed by atoms with Crippen LogP contribution in [0, 0.1) is 0 Å². The van der Waals surface area contributed by atoms with Crippen molar-refractivity contribution in [3.05, 3.63) is 64.6 Å². The fourth-order valence-electron chi connectivity index (χ4n) is 3.03. The van der Waals surface area contributed by atoms with E-state index in [-0.39, 0.29) is 5.91 Å². The summed E-state index contributed by atoms with van der Waals surface area (Å²) in [7, 11) is 1.70. The summed E-state index contributed by atoms with van der Waals surface area (Å²) in [6.45, 7) is 5.61. The molecule has 158 valence electrons. The number of carbonyl (C=O) groups excluding carboxylic acids is 1. The monoisotopic (exact) mass is 441 g/mol. The first-order valence-electron chi connectivity index (χ1n) is 10.2. The van der Waals surface area contributed by atoms with E-state index >= 15 is 0 Å². The molecule has 0 radical (unpaired) electrons. The van der Waals surface area contributed by atoms with Gasteiger partial charge in [-0.05, 0) is 47.7 Å². The molecule has 0 spiro atoms. The van der Waals surface area contributed by atoms with E-state index in [4.69, 9.17) is 21.7 Å². The number of thioether (sulfide) groups is 1. The van der Waals surface area contributed by atoms with E-state index < -0.39 is 0 Å². The molecule has 2 aromatic rings. The number of benzene rings is 2. The highest BCUT2D eigenvalue weighted by atomic mass is 32.2. The van der Waals surface area contributed by atoms with Crippen LogP contribution in [0.2, 0.25) is 0 Å². The van der Waals surface area contributed by atoms with E-state index in [0.717, 1.165) is 29.9 Å². The molecule has 1 atom stereocenters. The first-order chi connectivity index (χ1) is 14.5. The number of hydrogen-bond acceptors (Lipinski definition) is 5. The molecule has 1 heterocycles. The molecular weight excluding hydrogens is 414 g/mol. The smallest absolute Gasteiger partial charge is 0.265 e. The summed E-state index contributed by atoms with van der Waals surface area (Å²) in [5, 5.41) is 0.